The Labute approximate surface area is 162 Å². The molecule has 0 radical (unpaired) electrons. The van der Waals surface area contributed by atoms with Gasteiger partial charge in [-0.3, -0.25) is 14.4 Å². The first kappa shape index (κ1) is 19.4. The average molecular weight is 370 g/mol. The van der Waals surface area contributed by atoms with Crippen LogP contribution >= 0.6 is 0 Å². The third-order valence-corrected chi connectivity index (χ3v) is 5.15. The van der Waals surface area contributed by atoms with Gasteiger partial charge in [0.05, 0.1) is 0 Å². The summed E-state index contributed by atoms with van der Waals surface area (Å²) in [5.41, 5.74) is 2.60. The SMILES string of the molecule is Cc1cccc(N2CCN(CCC(=O)N[C@@H](C)CCn3cccn3)CC2)c1. The Morgan fingerprint density at radius 2 is 2.00 bits per heavy atom. The van der Waals surface area contributed by atoms with Crippen molar-refractivity contribution in [2.24, 2.45) is 0 Å². The van der Waals surface area contributed by atoms with E-state index >= 15 is 0 Å². The van der Waals surface area contributed by atoms with Crippen LogP contribution in [0.5, 0.6) is 0 Å². The smallest absolute Gasteiger partial charge is 0.221 e. The summed E-state index contributed by atoms with van der Waals surface area (Å²) in [4.78, 5) is 17.0. The van der Waals surface area contributed by atoms with Gasteiger partial charge in [0.1, 0.15) is 0 Å². The van der Waals surface area contributed by atoms with Crippen LogP contribution in [-0.2, 0) is 11.3 Å². The Morgan fingerprint density at radius 3 is 2.70 bits per heavy atom. The number of benzene rings is 1. The molecule has 1 amide bonds. The number of carbonyl (C=O) groups is 1. The molecule has 1 atom stereocenters. The van der Waals surface area contributed by atoms with Crippen molar-refractivity contribution in [2.45, 2.75) is 39.3 Å². The molecule has 0 spiro atoms. The summed E-state index contributed by atoms with van der Waals surface area (Å²) in [7, 11) is 0. The van der Waals surface area contributed by atoms with Crippen LogP contribution in [-0.4, -0.2) is 59.4 Å². The molecule has 0 unspecified atom stereocenters. The molecular formula is C21H31N5O. The van der Waals surface area contributed by atoms with Gasteiger partial charge in [-0.15, -0.1) is 0 Å². The molecule has 1 aliphatic heterocycles. The van der Waals surface area contributed by atoms with Crippen molar-refractivity contribution in [2.75, 3.05) is 37.6 Å². The van der Waals surface area contributed by atoms with Gasteiger partial charge >= 0.3 is 0 Å². The molecule has 1 aromatic carbocycles. The first-order chi connectivity index (χ1) is 13.1. The first-order valence-corrected chi connectivity index (χ1v) is 9.91. The third-order valence-electron chi connectivity index (χ3n) is 5.15. The van der Waals surface area contributed by atoms with E-state index in [4.69, 9.17) is 0 Å². The zero-order chi connectivity index (χ0) is 19.1. The van der Waals surface area contributed by atoms with Crippen molar-refractivity contribution in [3.8, 4) is 0 Å². The van der Waals surface area contributed by atoms with Gasteiger partial charge in [0.25, 0.3) is 0 Å². The lowest BCUT2D eigenvalue weighted by molar-refractivity contribution is -0.122. The van der Waals surface area contributed by atoms with Crippen molar-refractivity contribution < 1.29 is 4.79 Å². The second-order valence-electron chi connectivity index (χ2n) is 7.44. The molecule has 0 aliphatic carbocycles. The van der Waals surface area contributed by atoms with E-state index < -0.39 is 0 Å². The first-order valence-electron chi connectivity index (χ1n) is 9.91. The molecule has 2 heterocycles. The minimum atomic E-state index is 0.143. The largest absolute Gasteiger partial charge is 0.369 e. The van der Waals surface area contributed by atoms with E-state index in [2.05, 4.69) is 58.3 Å². The highest BCUT2D eigenvalue weighted by Crippen LogP contribution is 2.17. The normalized spacial score (nSPS) is 16.3. The van der Waals surface area contributed by atoms with Gasteiger partial charge in [-0.2, -0.15) is 5.10 Å². The second-order valence-corrected chi connectivity index (χ2v) is 7.44. The summed E-state index contributed by atoms with van der Waals surface area (Å²) in [6.45, 7) is 9.91. The number of nitrogens with zero attached hydrogens (tertiary/aromatic N) is 4. The molecule has 1 aliphatic rings. The zero-order valence-electron chi connectivity index (χ0n) is 16.5. The van der Waals surface area contributed by atoms with E-state index in [1.54, 1.807) is 6.20 Å². The highest BCUT2D eigenvalue weighted by Gasteiger charge is 2.18. The summed E-state index contributed by atoms with van der Waals surface area (Å²) in [5.74, 6) is 0.143. The molecule has 6 heteroatoms. The number of nitrogens with one attached hydrogen (secondary N) is 1. The van der Waals surface area contributed by atoms with E-state index in [0.717, 1.165) is 45.7 Å². The fourth-order valence-electron chi connectivity index (χ4n) is 3.49. The van der Waals surface area contributed by atoms with Gasteiger partial charge in [0.2, 0.25) is 5.91 Å². The molecule has 0 bridgehead atoms. The number of piperazine rings is 1. The number of aromatic nitrogens is 2. The molecule has 2 aromatic rings. The Hall–Kier alpha value is -2.34. The van der Waals surface area contributed by atoms with Gasteiger partial charge in [-0.25, -0.2) is 0 Å². The second kappa shape index (κ2) is 9.55. The molecule has 27 heavy (non-hydrogen) atoms. The van der Waals surface area contributed by atoms with Crippen LogP contribution in [0.3, 0.4) is 0 Å². The average Bonchev–Trinajstić information content (AvgIpc) is 3.19. The third kappa shape index (κ3) is 6.10. The van der Waals surface area contributed by atoms with Crippen LogP contribution in [0.4, 0.5) is 5.69 Å². The van der Waals surface area contributed by atoms with Gasteiger partial charge in [-0.05, 0) is 44.0 Å². The fraction of sp³-hybridized carbons (Fsp3) is 0.524. The molecule has 1 aromatic heterocycles. The summed E-state index contributed by atoms with van der Waals surface area (Å²) in [6.07, 6.45) is 5.19. The standard InChI is InChI=1S/C21H31N5O/c1-18-5-3-6-20(17-18)25-15-13-24(14-16-25)11-8-21(27)23-19(2)7-12-26-10-4-9-22-26/h3-6,9-10,17,19H,7-8,11-16H2,1-2H3,(H,23,27)/t19-/m0/s1. The molecule has 146 valence electrons. The predicted molar refractivity (Wildman–Crippen MR) is 109 cm³/mol. The lowest BCUT2D eigenvalue weighted by atomic mass is 10.2. The number of aryl methyl sites for hydroxylation is 2. The monoisotopic (exact) mass is 369 g/mol. The highest BCUT2D eigenvalue weighted by molar-refractivity contribution is 5.76. The van der Waals surface area contributed by atoms with Crippen molar-refractivity contribution in [3.05, 3.63) is 48.3 Å². The molecule has 1 fully saturated rings. The molecule has 1 saturated heterocycles. The minimum Gasteiger partial charge on any atom is -0.369 e. The Balaban J connectivity index is 1.32. The van der Waals surface area contributed by atoms with E-state index in [1.807, 2.05) is 16.9 Å². The van der Waals surface area contributed by atoms with Gasteiger partial charge < -0.3 is 10.2 Å². The zero-order valence-corrected chi connectivity index (χ0v) is 16.5. The maximum atomic E-state index is 12.2. The van der Waals surface area contributed by atoms with Crippen LogP contribution < -0.4 is 10.2 Å². The van der Waals surface area contributed by atoms with Crippen LogP contribution in [0.2, 0.25) is 0 Å². The van der Waals surface area contributed by atoms with Gasteiger partial charge in [0, 0.05) is 69.8 Å². The van der Waals surface area contributed by atoms with Crippen molar-refractivity contribution in [1.29, 1.82) is 0 Å². The molecule has 1 N–H and O–H groups in total. The Kier molecular flexibility index (Phi) is 6.87. The van der Waals surface area contributed by atoms with Crippen LogP contribution in [0.15, 0.2) is 42.7 Å². The Morgan fingerprint density at radius 1 is 1.19 bits per heavy atom. The lowest BCUT2D eigenvalue weighted by Gasteiger charge is -2.36. The summed E-state index contributed by atoms with van der Waals surface area (Å²) in [6, 6.07) is 10.8. The number of amides is 1. The lowest BCUT2D eigenvalue weighted by Crippen LogP contribution is -2.47. The molecule has 3 rings (SSSR count). The number of carbonyl (C=O) groups excluding carboxylic acids is 1. The van der Waals surface area contributed by atoms with Gasteiger partial charge in [-0.1, -0.05) is 12.1 Å². The molecule has 6 nitrogen and oxygen atoms in total. The predicted octanol–water partition coefficient (Wildman–Crippen LogP) is 2.30. The molecular weight excluding hydrogens is 338 g/mol. The Bertz CT molecular complexity index is 707. The van der Waals surface area contributed by atoms with Crippen molar-refractivity contribution in [1.82, 2.24) is 20.0 Å². The summed E-state index contributed by atoms with van der Waals surface area (Å²) < 4.78 is 1.90. The van der Waals surface area contributed by atoms with E-state index in [1.165, 1.54) is 11.3 Å². The van der Waals surface area contributed by atoms with E-state index in [0.29, 0.717) is 6.42 Å². The minimum absolute atomic E-state index is 0.143. The highest BCUT2D eigenvalue weighted by atomic mass is 16.1. The van der Waals surface area contributed by atoms with E-state index in [9.17, 15) is 4.79 Å². The van der Waals surface area contributed by atoms with Crippen LogP contribution in [0, 0.1) is 6.92 Å². The van der Waals surface area contributed by atoms with Crippen LogP contribution in [0.25, 0.3) is 0 Å². The number of hydrogen-bond donors (Lipinski definition) is 1. The molecule has 0 saturated carbocycles. The van der Waals surface area contributed by atoms with Crippen molar-refractivity contribution >= 4 is 11.6 Å². The number of rotatable bonds is 8. The van der Waals surface area contributed by atoms with Crippen molar-refractivity contribution in [3.63, 3.8) is 0 Å². The summed E-state index contributed by atoms with van der Waals surface area (Å²) in [5, 5.41) is 7.30. The van der Waals surface area contributed by atoms with E-state index in [-0.39, 0.29) is 11.9 Å². The quantitative estimate of drug-likeness (QED) is 0.776. The fourth-order valence-corrected chi connectivity index (χ4v) is 3.49. The maximum absolute atomic E-state index is 12.2. The maximum Gasteiger partial charge on any atom is 0.221 e. The topological polar surface area (TPSA) is 53.4 Å². The summed E-state index contributed by atoms with van der Waals surface area (Å²) >= 11 is 0. The van der Waals surface area contributed by atoms with Crippen LogP contribution in [0.1, 0.15) is 25.3 Å². The number of hydrogen-bond acceptors (Lipinski definition) is 4. The van der Waals surface area contributed by atoms with Gasteiger partial charge in [0.15, 0.2) is 0 Å². The number of anilines is 1.